The zero-order valence-electron chi connectivity index (χ0n) is 16.2. The highest BCUT2D eigenvalue weighted by molar-refractivity contribution is 7.91. The second-order valence-electron chi connectivity index (χ2n) is 7.73. The van der Waals surface area contributed by atoms with Crippen LogP contribution in [0.4, 0.5) is 8.78 Å². The van der Waals surface area contributed by atoms with Crippen LogP contribution in [0.15, 0.2) is 47.4 Å². The fourth-order valence-electron chi connectivity index (χ4n) is 4.38. The smallest absolute Gasteiger partial charge is 0.179 e. The molecule has 3 rings (SSSR count). The number of unbranched alkanes of at least 4 members (excludes halogenated alkanes) is 1. The van der Waals surface area contributed by atoms with Crippen molar-refractivity contribution in [3.05, 3.63) is 65.2 Å². The van der Waals surface area contributed by atoms with Crippen molar-refractivity contribution in [1.82, 2.24) is 0 Å². The lowest BCUT2D eigenvalue weighted by Crippen LogP contribution is -2.42. The molecule has 0 amide bonds. The van der Waals surface area contributed by atoms with Gasteiger partial charge in [-0.25, -0.2) is 17.2 Å². The average molecular weight is 409 g/mol. The zero-order chi connectivity index (χ0) is 20.5. The summed E-state index contributed by atoms with van der Waals surface area (Å²) < 4.78 is 54.0. The number of halogens is 2. The highest BCUT2D eigenvalue weighted by atomic mass is 32.2. The molecule has 3 atom stereocenters. The Bertz CT molecular complexity index is 941. The van der Waals surface area contributed by atoms with E-state index in [1.54, 1.807) is 0 Å². The summed E-state index contributed by atoms with van der Waals surface area (Å²) >= 11 is 0. The number of aliphatic hydroxyl groups is 1. The molecule has 0 aromatic heterocycles. The van der Waals surface area contributed by atoms with Crippen LogP contribution >= 0.6 is 0 Å². The summed E-state index contributed by atoms with van der Waals surface area (Å²) in [5, 5.41) is 11.5. The van der Waals surface area contributed by atoms with Crippen LogP contribution in [0.3, 0.4) is 0 Å². The standard InChI is InChI=1S/C22H26F2O3S/c1-3-5-12-22(4-2)14-28(26,27)19-11-10-17(24)13-18(19)20(21(22)25)15-6-8-16(23)9-7-15/h6-11,13,20-21,25H,3-5,12,14H2,1-2H3/t20-,21?,22-/m1/s1. The predicted octanol–water partition coefficient (Wildman–Crippen LogP) is 4.83. The molecule has 28 heavy (non-hydrogen) atoms. The number of aliphatic hydroxyl groups excluding tert-OH is 1. The lowest BCUT2D eigenvalue weighted by molar-refractivity contribution is 0.0173. The number of hydrogen-bond acceptors (Lipinski definition) is 3. The molecule has 1 heterocycles. The Morgan fingerprint density at radius 1 is 1.07 bits per heavy atom. The lowest BCUT2D eigenvalue weighted by atomic mass is 9.69. The molecule has 3 nitrogen and oxygen atoms in total. The highest BCUT2D eigenvalue weighted by Gasteiger charge is 2.48. The van der Waals surface area contributed by atoms with E-state index in [4.69, 9.17) is 0 Å². The topological polar surface area (TPSA) is 54.4 Å². The third-order valence-electron chi connectivity index (χ3n) is 6.02. The third kappa shape index (κ3) is 3.72. The molecule has 1 aliphatic heterocycles. The molecule has 0 saturated carbocycles. The molecule has 1 N–H and O–H groups in total. The van der Waals surface area contributed by atoms with Gasteiger partial charge in [0.15, 0.2) is 9.84 Å². The normalized spacial score (nSPS) is 26.5. The minimum atomic E-state index is -3.73. The summed E-state index contributed by atoms with van der Waals surface area (Å²) in [5.41, 5.74) is -0.0401. The van der Waals surface area contributed by atoms with E-state index in [9.17, 15) is 22.3 Å². The van der Waals surface area contributed by atoms with Crippen molar-refractivity contribution in [2.45, 2.75) is 56.4 Å². The number of sulfone groups is 1. The van der Waals surface area contributed by atoms with Crippen LogP contribution in [0, 0.1) is 17.0 Å². The van der Waals surface area contributed by atoms with Gasteiger partial charge < -0.3 is 5.11 Å². The second kappa shape index (κ2) is 7.91. The Labute approximate surface area is 165 Å². The molecular weight excluding hydrogens is 382 g/mol. The molecular formula is C22H26F2O3S. The van der Waals surface area contributed by atoms with E-state index in [1.807, 2.05) is 13.8 Å². The van der Waals surface area contributed by atoms with E-state index < -0.39 is 38.9 Å². The molecule has 6 heteroatoms. The minimum absolute atomic E-state index is 0.0501. The zero-order valence-corrected chi connectivity index (χ0v) is 17.0. The first-order valence-corrected chi connectivity index (χ1v) is 11.3. The molecule has 0 spiro atoms. The highest BCUT2D eigenvalue weighted by Crippen LogP contribution is 2.48. The first kappa shape index (κ1) is 20.9. The summed E-state index contributed by atoms with van der Waals surface area (Å²) in [6, 6.07) is 9.24. The SMILES string of the molecule is CCCC[C@]1(CC)CS(=O)(=O)c2ccc(F)cc2[C@@H](c2ccc(F)cc2)C1O. The van der Waals surface area contributed by atoms with Gasteiger partial charge in [-0.2, -0.15) is 0 Å². The Hall–Kier alpha value is -1.79. The molecule has 1 aliphatic rings. The summed E-state index contributed by atoms with van der Waals surface area (Å²) in [6.45, 7) is 3.90. The van der Waals surface area contributed by atoms with Crippen molar-refractivity contribution < 1.29 is 22.3 Å². The van der Waals surface area contributed by atoms with Crippen LogP contribution in [0.1, 0.15) is 56.6 Å². The largest absolute Gasteiger partial charge is 0.392 e. The number of hydrogen-bond donors (Lipinski definition) is 1. The van der Waals surface area contributed by atoms with Gasteiger partial charge in [-0.1, -0.05) is 38.8 Å². The van der Waals surface area contributed by atoms with E-state index in [0.29, 0.717) is 18.4 Å². The van der Waals surface area contributed by atoms with Crippen LogP contribution in [0.25, 0.3) is 0 Å². The number of fused-ring (bicyclic) bond motifs is 1. The molecule has 2 aromatic rings. The fraction of sp³-hybridized carbons (Fsp3) is 0.455. The molecule has 2 aromatic carbocycles. The first-order chi connectivity index (χ1) is 13.2. The maximum atomic E-state index is 14.1. The van der Waals surface area contributed by atoms with E-state index in [0.717, 1.165) is 18.9 Å². The van der Waals surface area contributed by atoms with Gasteiger partial charge in [0.25, 0.3) is 0 Å². The van der Waals surface area contributed by atoms with Gasteiger partial charge in [0.2, 0.25) is 0 Å². The summed E-state index contributed by atoms with van der Waals surface area (Å²) in [6.07, 6.45) is 1.64. The van der Waals surface area contributed by atoms with Crippen molar-refractivity contribution in [1.29, 1.82) is 0 Å². The van der Waals surface area contributed by atoms with Crippen molar-refractivity contribution in [3.63, 3.8) is 0 Å². The lowest BCUT2D eigenvalue weighted by Gasteiger charge is -2.39. The quantitative estimate of drug-likeness (QED) is 0.721. The van der Waals surface area contributed by atoms with Crippen LogP contribution < -0.4 is 0 Å². The van der Waals surface area contributed by atoms with E-state index in [-0.39, 0.29) is 16.2 Å². The van der Waals surface area contributed by atoms with E-state index in [1.165, 1.54) is 36.4 Å². The van der Waals surface area contributed by atoms with E-state index in [2.05, 4.69) is 0 Å². The predicted molar refractivity (Wildman–Crippen MR) is 105 cm³/mol. The Morgan fingerprint density at radius 2 is 1.71 bits per heavy atom. The van der Waals surface area contributed by atoms with Crippen molar-refractivity contribution in [2.75, 3.05) is 5.75 Å². The van der Waals surface area contributed by atoms with Crippen molar-refractivity contribution >= 4 is 9.84 Å². The Kier molecular flexibility index (Phi) is 5.92. The molecule has 152 valence electrons. The average Bonchev–Trinajstić information content (AvgIpc) is 2.72. The molecule has 0 saturated heterocycles. The maximum absolute atomic E-state index is 14.1. The van der Waals surface area contributed by atoms with Gasteiger partial charge in [-0.15, -0.1) is 0 Å². The third-order valence-corrected chi connectivity index (χ3v) is 8.02. The molecule has 0 radical (unpaired) electrons. The summed E-state index contributed by atoms with van der Waals surface area (Å²) in [4.78, 5) is 0.0501. The van der Waals surface area contributed by atoms with Crippen LogP contribution in [0.5, 0.6) is 0 Å². The molecule has 0 aliphatic carbocycles. The Balaban J connectivity index is 2.28. The number of benzene rings is 2. The van der Waals surface area contributed by atoms with Gasteiger partial charge >= 0.3 is 0 Å². The maximum Gasteiger partial charge on any atom is 0.179 e. The van der Waals surface area contributed by atoms with Crippen LogP contribution in [-0.4, -0.2) is 25.4 Å². The van der Waals surface area contributed by atoms with Gasteiger partial charge in [0, 0.05) is 11.3 Å². The van der Waals surface area contributed by atoms with Gasteiger partial charge in [-0.3, -0.25) is 0 Å². The van der Waals surface area contributed by atoms with Crippen LogP contribution in [-0.2, 0) is 9.84 Å². The number of rotatable bonds is 5. The fourth-order valence-corrected chi connectivity index (χ4v) is 6.63. The van der Waals surface area contributed by atoms with E-state index >= 15 is 0 Å². The molecule has 0 bridgehead atoms. The molecule has 1 unspecified atom stereocenters. The van der Waals surface area contributed by atoms with Gasteiger partial charge in [0.1, 0.15) is 11.6 Å². The second-order valence-corrected chi connectivity index (χ2v) is 9.69. The van der Waals surface area contributed by atoms with Gasteiger partial charge in [-0.05, 0) is 54.3 Å². The monoisotopic (exact) mass is 408 g/mol. The summed E-state index contributed by atoms with van der Waals surface area (Å²) in [5.74, 6) is -1.92. The first-order valence-electron chi connectivity index (χ1n) is 9.70. The van der Waals surface area contributed by atoms with Gasteiger partial charge in [0.05, 0.1) is 16.8 Å². The molecule has 0 fully saturated rings. The summed E-state index contributed by atoms with van der Waals surface area (Å²) in [7, 11) is -3.73. The van der Waals surface area contributed by atoms with Crippen LogP contribution in [0.2, 0.25) is 0 Å². The minimum Gasteiger partial charge on any atom is -0.392 e. The van der Waals surface area contributed by atoms with Crippen molar-refractivity contribution in [3.8, 4) is 0 Å². The van der Waals surface area contributed by atoms with Crippen molar-refractivity contribution in [2.24, 2.45) is 5.41 Å². The Morgan fingerprint density at radius 3 is 2.32 bits per heavy atom.